The first kappa shape index (κ1) is 21.7. The van der Waals surface area contributed by atoms with Gasteiger partial charge in [0.15, 0.2) is 5.50 Å². The zero-order chi connectivity index (χ0) is 20.5. The summed E-state index contributed by atoms with van der Waals surface area (Å²) >= 11 is 1.54. The molecule has 0 saturated carbocycles. The average Bonchev–Trinajstić information content (AvgIpc) is 3.24. The second-order valence-electron chi connectivity index (χ2n) is 6.58. The number of amides is 1. The molecule has 1 aromatic heterocycles. The Labute approximate surface area is 170 Å². The maximum atomic E-state index is 12.2. The number of allylic oxidation sites excluding steroid dienone is 3. The molecule has 1 unspecified atom stereocenters. The molecule has 1 amide bonds. The molecule has 0 spiro atoms. The van der Waals surface area contributed by atoms with Gasteiger partial charge in [-0.1, -0.05) is 11.8 Å². The van der Waals surface area contributed by atoms with E-state index in [1.807, 2.05) is 20.0 Å². The van der Waals surface area contributed by atoms with Gasteiger partial charge in [0, 0.05) is 31.0 Å². The topological polar surface area (TPSA) is 135 Å². The molecule has 1 aromatic rings. The number of aryl methyl sites for hydroxylation is 1. The van der Waals surface area contributed by atoms with Gasteiger partial charge in [-0.25, -0.2) is 0 Å². The molecule has 1 atom stereocenters. The zero-order valence-corrected chi connectivity index (χ0v) is 17.5. The minimum absolute atomic E-state index is 0.0515. The van der Waals surface area contributed by atoms with Crippen LogP contribution in [0.2, 0.25) is 0 Å². The number of nitrogens with zero attached hydrogens (tertiary/aromatic N) is 3. The van der Waals surface area contributed by atoms with E-state index in [9.17, 15) is 4.79 Å². The van der Waals surface area contributed by atoms with E-state index < -0.39 is 0 Å². The van der Waals surface area contributed by atoms with E-state index in [4.69, 9.17) is 11.5 Å². The second kappa shape index (κ2) is 10.6. The van der Waals surface area contributed by atoms with Crippen LogP contribution in [0.4, 0.5) is 0 Å². The molecule has 0 saturated heterocycles. The molecule has 154 valence electrons. The van der Waals surface area contributed by atoms with Gasteiger partial charge in [0.2, 0.25) is 5.91 Å². The van der Waals surface area contributed by atoms with E-state index in [2.05, 4.69) is 26.3 Å². The van der Waals surface area contributed by atoms with Crippen LogP contribution in [0, 0.1) is 6.92 Å². The maximum absolute atomic E-state index is 12.2. The number of hydrazone groups is 1. The van der Waals surface area contributed by atoms with Crippen molar-refractivity contribution in [2.75, 3.05) is 7.05 Å². The van der Waals surface area contributed by atoms with Crippen molar-refractivity contribution in [3.63, 3.8) is 0 Å². The smallest absolute Gasteiger partial charge is 0.226 e. The largest absolute Gasteiger partial charge is 0.402 e. The predicted molar refractivity (Wildman–Crippen MR) is 114 cm³/mol. The van der Waals surface area contributed by atoms with Crippen molar-refractivity contribution in [2.24, 2.45) is 23.6 Å². The fourth-order valence-corrected chi connectivity index (χ4v) is 3.49. The van der Waals surface area contributed by atoms with Crippen LogP contribution in [0.5, 0.6) is 0 Å². The van der Waals surface area contributed by atoms with Crippen LogP contribution in [0.1, 0.15) is 36.9 Å². The van der Waals surface area contributed by atoms with Gasteiger partial charge in [-0.05, 0) is 44.8 Å². The Morgan fingerprint density at radius 3 is 2.86 bits per heavy atom. The standard InChI is InChI=1S/C18H30N8OS/c1-12-13(11-22-26(12)3)10-16(27)23-18-25-24-17(28-18)7-5-4-6-14(19)8-9-15(20)21-2/h8-9,11,18,21,25H,4-7,10,19-20H2,1-3H3,(H,23,27)/b14-8-,15-9+. The van der Waals surface area contributed by atoms with E-state index >= 15 is 0 Å². The van der Waals surface area contributed by atoms with Gasteiger partial charge < -0.3 is 22.1 Å². The molecule has 0 aromatic carbocycles. The molecular weight excluding hydrogens is 376 g/mol. The van der Waals surface area contributed by atoms with E-state index in [1.165, 1.54) is 0 Å². The summed E-state index contributed by atoms with van der Waals surface area (Å²) in [6, 6.07) is 0. The van der Waals surface area contributed by atoms with Crippen LogP contribution in [0.3, 0.4) is 0 Å². The number of hydrogen-bond acceptors (Lipinski definition) is 8. The Bertz CT molecular complexity index is 768. The first-order valence-electron chi connectivity index (χ1n) is 9.24. The van der Waals surface area contributed by atoms with Crippen molar-refractivity contribution >= 4 is 22.7 Å². The van der Waals surface area contributed by atoms with E-state index in [1.54, 1.807) is 35.8 Å². The third kappa shape index (κ3) is 6.84. The Morgan fingerprint density at radius 1 is 1.39 bits per heavy atom. The van der Waals surface area contributed by atoms with E-state index in [-0.39, 0.29) is 11.4 Å². The van der Waals surface area contributed by atoms with Crippen LogP contribution in [0.25, 0.3) is 0 Å². The number of hydrogen-bond donors (Lipinski definition) is 5. The second-order valence-corrected chi connectivity index (χ2v) is 7.75. The van der Waals surface area contributed by atoms with Crippen molar-refractivity contribution in [3.8, 4) is 0 Å². The number of carbonyl (C=O) groups is 1. The Kier molecular flexibility index (Phi) is 8.24. The van der Waals surface area contributed by atoms with Crippen LogP contribution in [0.15, 0.2) is 35.0 Å². The number of thioether (sulfide) groups is 1. The van der Waals surface area contributed by atoms with Gasteiger partial charge in [0.25, 0.3) is 0 Å². The quantitative estimate of drug-likeness (QED) is 0.286. The average molecular weight is 407 g/mol. The highest BCUT2D eigenvalue weighted by Gasteiger charge is 2.21. The zero-order valence-electron chi connectivity index (χ0n) is 16.7. The van der Waals surface area contributed by atoms with Crippen LogP contribution >= 0.6 is 11.8 Å². The lowest BCUT2D eigenvalue weighted by atomic mass is 10.1. The minimum Gasteiger partial charge on any atom is -0.402 e. The maximum Gasteiger partial charge on any atom is 0.226 e. The molecule has 2 heterocycles. The van der Waals surface area contributed by atoms with Gasteiger partial charge >= 0.3 is 0 Å². The molecule has 1 aliphatic heterocycles. The molecule has 0 aliphatic carbocycles. The van der Waals surface area contributed by atoms with Crippen molar-refractivity contribution in [1.82, 2.24) is 25.8 Å². The summed E-state index contributed by atoms with van der Waals surface area (Å²) in [5.41, 5.74) is 17.1. The molecule has 9 nitrogen and oxygen atoms in total. The predicted octanol–water partition coefficient (Wildman–Crippen LogP) is 0.743. The number of nitrogens with two attached hydrogens (primary N) is 2. The number of aromatic nitrogens is 2. The SMILES string of the molecule is CN/C(N)=C/C=C(\N)CCCCC1=NNC(NC(=O)Cc2cnn(C)c2C)S1. The van der Waals surface area contributed by atoms with Crippen LogP contribution < -0.4 is 27.5 Å². The molecule has 10 heteroatoms. The fourth-order valence-electron chi connectivity index (χ4n) is 2.55. The van der Waals surface area contributed by atoms with E-state index in [0.29, 0.717) is 12.2 Å². The number of rotatable bonds is 10. The number of carbonyl (C=O) groups excluding carboxylic acids is 1. The Hall–Kier alpha value is -2.62. The highest BCUT2D eigenvalue weighted by atomic mass is 32.2. The molecule has 2 rings (SSSR count). The monoisotopic (exact) mass is 406 g/mol. The van der Waals surface area contributed by atoms with Crippen LogP contribution in [-0.2, 0) is 18.3 Å². The fraction of sp³-hybridized carbons (Fsp3) is 0.500. The van der Waals surface area contributed by atoms with Crippen molar-refractivity contribution in [3.05, 3.63) is 41.1 Å². The molecule has 28 heavy (non-hydrogen) atoms. The summed E-state index contributed by atoms with van der Waals surface area (Å²) in [6.07, 6.45) is 9.23. The summed E-state index contributed by atoms with van der Waals surface area (Å²) in [5, 5.41) is 15.2. The normalized spacial score (nSPS) is 17.2. The number of nitrogens with one attached hydrogen (secondary N) is 3. The lowest BCUT2D eigenvalue weighted by molar-refractivity contribution is -0.120. The molecule has 0 fully saturated rings. The summed E-state index contributed by atoms with van der Waals surface area (Å²) in [6.45, 7) is 1.95. The summed E-state index contributed by atoms with van der Waals surface area (Å²) in [4.78, 5) is 12.2. The van der Waals surface area contributed by atoms with Gasteiger partial charge in [-0.2, -0.15) is 10.2 Å². The van der Waals surface area contributed by atoms with E-state index in [0.717, 1.165) is 47.7 Å². The van der Waals surface area contributed by atoms with Crippen LogP contribution in [-0.4, -0.2) is 33.3 Å². The van der Waals surface area contributed by atoms with Crippen molar-refractivity contribution in [2.45, 2.75) is 44.5 Å². The molecular formula is C18H30N8OS. The minimum atomic E-state index is -0.223. The highest BCUT2D eigenvalue weighted by Crippen LogP contribution is 2.20. The van der Waals surface area contributed by atoms with Gasteiger partial charge in [-0.3, -0.25) is 14.9 Å². The third-order valence-electron chi connectivity index (χ3n) is 4.41. The Balaban J connectivity index is 1.64. The summed E-state index contributed by atoms with van der Waals surface area (Å²) in [7, 11) is 3.63. The highest BCUT2D eigenvalue weighted by molar-refractivity contribution is 8.14. The van der Waals surface area contributed by atoms with Gasteiger partial charge in [-0.15, -0.1) is 0 Å². The molecule has 0 bridgehead atoms. The first-order valence-corrected chi connectivity index (χ1v) is 10.1. The first-order chi connectivity index (χ1) is 13.4. The van der Waals surface area contributed by atoms with Gasteiger partial charge in [0.1, 0.15) is 0 Å². The lowest BCUT2D eigenvalue weighted by Crippen LogP contribution is -2.39. The number of unbranched alkanes of at least 4 members (excludes halogenated alkanes) is 1. The molecule has 7 N–H and O–H groups in total. The molecule has 0 radical (unpaired) electrons. The lowest BCUT2D eigenvalue weighted by Gasteiger charge is -2.11. The van der Waals surface area contributed by atoms with Crippen molar-refractivity contribution in [1.29, 1.82) is 0 Å². The van der Waals surface area contributed by atoms with Crippen molar-refractivity contribution < 1.29 is 4.79 Å². The Morgan fingerprint density at radius 2 is 2.18 bits per heavy atom. The third-order valence-corrected chi connectivity index (χ3v) is 5.44. The molecule has 1 aliphatic rings. The van der Waals surface area contributed by atoms with Gasteiger partial charge in [0.05, 0.1) is 23.5 Å². The summed E-state index contributed by atoms with van der Waals surface area (Å²) in [5.74, 6) is 0.530. The summed E-state index contributed by atoms with van der Waals surface area (Å²) < 4.78 is 1.76.